The molecule has 5 nitrogen and oxygen atoms in total. The van der Waals surface area contributed by atoms with E-state index in [-0.39, 0.29) is 11.3 Å². The average Bonchev–Trinajstić information content (AvgIpc) is 2.83. The van der Waals surface area contributed by atoms with Gasteiger partial charge in [-0.05, 0) is 24.3 Å². The summed E-state index contributed by atoms with van der Waals surface area (Å²) in [5, 5.41) is 2.98. The van der Waals surface area contributed by atoms with Crippen LogP contribution in [0.5, 0.6) is 0 Å². The normalized spacial score (nSPS) is 17.4. The van der Waals surface area contributed by atoms with Gasteiger partial charge in [-0.25, -0.2) is 0 Å². The van der Waals surface area contributed by atoms with Crippen LogP contribution in [0.2, 0.25) is 0 Å². The number of hydrogen-bond donors (Lipinski definition) is 3. The maximum atomic E-state index is 12.1. The zero-order valence-electron chi connectivity index (χ0n) is 10.7. The van der Waals surface area contributed by atoms with Crippen molar-refractivity contribution in [1.82, 2.24) is 10.3 Å². The van der Waals surface area contributed by atoms with Crippen molar-refractivity contribution in [3.05, 3.63) is 24.0 Å². The Kier molecular flexibility index (Phi) is 3.81. The van der Waals surface area contributed by atoms with Gasteiger partial charge >= 0.3 is 0 Å². The van der Waals surface area contributed by atoms with E-state index in [2.05, 4.69) is 22.7 Å². The van der Waals surface area contributed by atoms with Crippen LogP contribution in [0.3, 0.4) is 0 Å². The lowest BCUT2D eigenvalue weighted by Gasteiger charge is -2.23. The van der Waals surface area contributed by atoms with E-state index in [1.54, 1.807) is 12.3 Å². The summed E-state index contributed by atoms with van der Waals surface area (Å²) in [6.07, 6.45) is 8.01. The Morgan fingerprint density at radius 1 is 1.50 bits per heavy atom. The van der Waals surface area contributed by atoms with Gasteiger partial charge in [0.05, 0.1) is 11.3 Å². The van der Waals surface area contributed by atoms with Gasteiger partial charge in [0.2, 0.25) is 0 Å². The molecule has 1 aliphatic carbocycles. The molecule has 0 spiro atoms. The fourth-order valence-electron chi connectivity index (χ4n) is 2.50. The van der Waals surface area contributed by atoms with Crippen molar-refractivity contribution in [2.24, 2.45) is 11.3 Å². The van der Waals surface area contributed by atoms with Gasteiger partial charge in [-0.1, -0.05) is 19.8 Å². The Bertz CT molecular complexity index is 427. The first kappa shape index (κ1) is 12.8. The zero-order valence-corrected chi connectivity index (χ0v) is 10.7. The highest BCUT2D eigenvalue weighted by Gasteiger charge is 2.29. The lowest BCUT2D eigenvalue weighted by atomic mass is 9.89. The summed E-state index contributed by atoms with van der Waals surface area (Å²) in [7, 11) is 0. The highest BCUT2D eigenvalue weighted by molar-refractivity contribution is 5.99. The van der Waals surface area contributed by atoms with Crippen LogP contribution in [0, 0.1) is 5.41 Å². The van der Waals surface area contributed by atoms with Gasteiger partial charge in [-0.3, -0.25) is 15.6 Å². The maximum Gasteiger partial charge on any atom is 0.255 e. The molecule has 98 valence electrons. The van der Waals surface area contributed by atoms with Crippen LogP contribution in [0.25, 0.3) is 0 Å². The quantitative estimate of drug-likeness (QED) is 0.559. The van der Waals surface area contributed by atoms with Gasteiger partial charge < -0.3 is 10.7 Å². The molecule has 1 aromatic heterocycles. The molecule has 0 aromatic carbocycles. The molecule has 0 atom stereocenters. The minimum absolute atomic E-state index is 0.121. The summed E-state index contributed by atoms with van der Waals surface area (Å²) in [6, 6.07) is 1.69. The summed E-state index contributed by atoms with van der Waals surface area (Å²) in [5.41, 5.74) is 3.84. The minimum atomic E-state index is -0.121. The number of nitrogen functional groups attached to an aromatic ring is 1. The predicted octanol–water partition coefficient (Wildman–Crippen LogP) is 1.68. The zero-order chi connectivity index (χ0) is 13.0. The Morgan fingerprint density at radius 3 is 2.89 bits per heavy atom. The standard InChI is InChI=1S/C13H20N4O/c1-13(5-2-3-6-13)9-16-12(18)10-8-15-7-4-11(10)17-14/h4,7-8H,2-3,5-6,9,14H2,1H3,(H,15,17)(H,16,18). The summed E-state index contributed by atoms with van der Waals surface area (Å²) >= 11 is 0. The van der Waals surface area contributed by atoms with Crippen molar-refractivity contribution >= 4 is 11.6 Å². The number of nitrogens with two attached hydrogens (primary N) is 1. The summed E-state index contributed by atoms with van der Waals surface area (Å²) < 4.78 is 0. The van der Waals surface area contributed by atoms with Gasteiger partial charge in [0.25, 0.3) is 5.91 Å². The third-order valence-corrected chi connectivity index (χ3v) is 3.71. The van der Waals surface area contributed by atoms with Crippen molar-refractivity contribution in [3.63, 3.8) is 0 Å². The Morgan fingerprint density at radius 2 is 2.22 bits per heavy atom. The predicted molar refractivity (Wildman–Crippen MR) is 71.0 cm³/mol. The molecule has 2 rings (SSSR count). The maximum absolute atomic E-state index is 12.1. The molecule has 0 saturated heterocycles. The van der Waals surface area contributed by atoms with E-state index >= 15 is 0 Å². The molecule has 0 aliphatic heterocycles. The third kappa shape index (κ3) is 2.79. The smallest absolute Gasteiger partial charge is 0.255 e. The van der Waals surface area contributed by atoms with Crippen LogP contribution in [0.4, 0.5) is 5.69 Å². The number of hydrogen-bond acceptors (Lipinski definition) is 4. The van der Waals surface area contributed by atoms with Gasteiger partial charge in [0.1, 0.15) is 0 Å². The summed E-state index contributed by atoms with van der Waals surface area (Å²) in [4.78, 5) is 16.0. The lowest BCUT2D eigenvalue weighted by Crippen LogP contribution is -2.34. The first-order valence-corrected chi connectivity index (χ1v) is 6.33. The largest absolute Gasteiger partial charge is 0.351 e. The van der Waals surface area contributed by atoms with E-state index in [1.165, 1.54) is 31.9 Å². The van der Waals surface area contributed by atoms with E-state index < -0.39 is 0 Å². The molecule has 0 unspecified atom stereocenters. The second kappa shape index (κ2) is 5.35. The fraction of sp³-hybridized carbons (Fsp3) is 0.538. The van der Waals surface area contributed by atoms with Gasteiger partial charge in [-0.15, -0.1) is 0 Å². The fourth-order valence-corrected chi connectivity index (χ4v) is 2.50. The number of pyridine rings is 1. The molecular weight excluding hydrogens is 228 g/mol. The molecule has 18 heavy (non-hydrogen) atoms. The molecule has 4 N–H and O–H groups in total. The van der Waals surface area contributed by atoms with Gasteiger partial charge in [0.15, 0.2) is 0 Å². The van der Waals surface area contributed by atoms with Crippen molar-refractivity contribution in [3.8, 4) is 0 Å². The van der Waals surface area contributed by atoms with Crippen LogP contribution >= 0.6 is 0 Å². The number of amides is 1. The second-order valence-corrected chi connectivity index (χ2v) is 5.27. The van der Waals surface area contributed by atoms with E-state index in [4.69, 9.17) is 5.84 Å². The van der Waals surface area contributed by atoms with Crippen LogP contribution in [-0.4, -0.2) is 17.4 Å². The Labute approximate surface area is 107 Å². The average molecular weight is 248 g/mol. The number of nitrogens with zero attached hydrogens (tertiary/aromatic N) is 1. The number of rotatable bonds is 4. The van der Waals surface area contributed by atoms with Crippen molar-refractivity contribution in [2.75, 3.05) is 12.0 Å². The number of anilines is 1. The van der Waals surface area contributed by atoms with E-state index in [0.717, 1.165) is 0 Å². The second-order valence-electron chi connectivity index (χ2n) is 5.27. The van der Waals surface area contributed by atoms with Crippen LogP contribution in [0.15, 0.2) is 18.5 Å². The van der Waals surface area contributed by atoms with Crippen LogP contribution < -0.4 is 16.6 Å². The number of hydrazine groups is 1. The van der Waals surface area contributed by atoms with Crippen LogP contribution in [-0.2, 0) is 0 Å². The summed E-state index contributed by atoms with van der Waals surface area (Å²) in [5.74, 6) is 5.25. The van der Waals surface area contributed by atoms with E-state index in [1.807, 2.05) is 0 Å². The SMILES string of the molecule is CC1(CNC(=O)c2cnccc2NN)CCCC1. The number of carbonyl (C=O) groups excluding carboxylic acids is 1. The highest BCUT2D eigenvalue weighted by Crippen LogP contribution is 2.36. The van der Waals surface area contributed by atoms with Crippen molar-refractivity contribution in [1.29, 1.82) is 0 Å². The molecule has 1 aliphatic rings. The first-order chi connectivity index (χ1) is 8.64. The van der Waals surface area contributed by atoms with Gasteiger partial charge in [-0.2, -0.15) is 0 Å². The molecule has 1 aromatic rings. The van der Waals surface area contributed by atoms with Crippen LogP contribution in [0.1, 0.15) is 43.0 Å². The number of carbonyl (C=O) groups is 1. The van der Waals surface area contributed by atoms with Crippen molar-refractivity contribution < 1.29 is 4.79 Å². The molecule has 1 heterocycles. The molecule has 5 heteroatoms. The van der Waals surface area contributed by atoms with Gasteiger partial charge in [0, 0.05) is 18.9 Å². The van der Waals surface area contributed by atoms with E-state index in [0.29, 0.717) is 17.8 Å². The molecule has 0 radical (unpaired) electrons. The van der Waals surface area contributed by atoms with E-state index in [9.17, 15) is 4.79 Å². The number of nitrogens with one attached hydrogen (secondary N) is 2. The van der Waals surface area contributed by atoms with Crippen molar-refractivity contribution in [2.45, 2.75) is 32.6 Å². The Hall–Kier alpha value is -1.62. The molecule has 1 saturated carbocycles. The Balaban J connectivity index is 1.99. The molecule has 1 fully saturated rings. The highest BCUT2D eigenvalue weighted by atomic mass is 16.1. The number of aromatic nitrogens is 1. The third-order valence-electron chi connectivity index (χ3n) is 3.71. The first-order valence-electron chi connectivity index (χ1n) is 6.33. The molecule has 0 bridgehead atoms. The molecule has 1 amide bonds. The molecular formula is C13H20N4O. The summed E-state index contributed by atoms with van der Waals surface area (Å²) in [6.45, 7) is 2.94. The lowest BCUT2D eigenvalue weighted by molar-refractivity contribution is 0.0934. The minimum Gasteiger partial charge on any atom is -0.351 e. The topological polar surface area (TPSA) is 80.0 Å². The monoisotopic (exact) mass is 248 g/mol.